The third-order valence-electron chi connectivity index (χ3n) is 3.55. The van der Waals surface area contributed by atoms with Crippen LogP contribution in [0.3, 0.4) is 0 Å². The maximum Gasteiger partial charge on any atom is 0.240 e. The Bertz CT molecular complexity index is 454. The van der Waals surface area contributed by atoms with Crippen LogP contribution < -0.4 is 5.32 Å². The summed E-state index contributed by atoms with van der Waals surface area (Å²) < 4.78 is 7.08. The van der Waals surface area contributed by atoms with Gasteiger partial charge in [-0.3, -0.25) is 4.79 Å². The second-order valence-electron chi connectivity index (χ2n) is 5.27. The molecule has 0 saturated carbocycles. The van der Waals surface area contributed by atoms with Crippen LogP contribution in [0.25, 0.3) is 0 Å². The first-order valence-corrected chi connectivity index (χ1v) is 6.95. The van der Waals surface area contributed by atoms with Crippen LogP contribution in [0.5, 0.6) is 0 Å². The molecule has 1 aromatic rings. The van der Waals surface area contributed by atoms with Crippen LogP contribution in [0.4, 0.5) is 0 Å². The van der Waals surface area contributed by atoms with E-state index in [9.17, 15) is 4.79 Å². The number of aryl methyl sites for hydroxylation is 2. The number of fused-ring (bicyclic) bond motifs is 1. The first kappa shape index (κ1) is 14.1. The molecule has 1 aliphatic carbocycles. The monoisotopic (exact) mass is 265 g/mol. The molecule has 0 aliphatic heterocycles. The number of carbonyl (C=O) groups excluding carboxylic acids is 1. The lowest BCUT2D eigenvalue weighted by Crippen LogP contribution is -2.38. The molecule has 0 fully saturated rings. The predicted molar refractivity (Wildman–Crippen MR) is 73.1 cm³/mol. The highest BCUT2D eigenvalue weighted by Gasteiger charge is 2.19. The van der Waals surface area contributed by atoms with E-state index in [2.05, 4.69) is 14.9 Å². The summed E-state index contributed by atoms with van der Waals surface area (Å²) in [5.74, 6) is 0.972. The summed E-state index contributed by atoms with van der Waals surface area (Å²) in [4.78, 5) is 16.6. The number of aromatic nitrogens is 2. The van der Waals surface area contributed by atoms with Crippen LogP contribution in [0.2, 0.25) is 0 Å². The lowest BCUT2D eigenvalue weighted by Gasteiger charge is -2.16. The zero-order chi connectivity index (χ0) is 13.8. The molecule has 0 aromatic carbocycles. The molecule has 0 bridgehead atoms. The quantitative estimate of drug-likeness (QED) is 0.871. The molecular weight excluding hydrogens is 242 g/mol. The Hall–Kier alpha value is -1.36. The molecule has 1 atom stereocenters. The molecule has 1 heterocycles. The second-order valence-corrected chi connectivity index (χ2v) is 5.27. The zero-order valence-electron chi connectivity index (χ0n) is 12.0. The first-order valence-electron chi connectivity index (χ1n) is 6.95. The van der Waals surface area contributed by atoms with E-state index in [0.717, 1.165) is 18.7 Å². The van der Waals surface area contributed by atoms with Crippen molar-refractivity contribution in [2.24, 2.45) is 0 Å². The summed E-state index contributed by atoms with van der Waals surface area (Å²) in [7, 11) is 1.64. The number of nitrogens with zero attached hydrogens (tertiary/aromatic N) is 2. The van der Waals surface area contributed by atoms with Crippen molar-refractivity contribution in [2.45, 2.75) is 52.1 Å². The minimum absolute atomic E-state index is 0.0263. The van der Waals surface area contributed by atoms with E-state index in [4.69, 9.17) is 4.74 Å². The van der Waals surface area contributed by atoms with Crippen LogP contribution in [0.15, 0.2) is 0 Å². The van der Waals surface area contributed by atoms with Gasteiger partial charge in [-0.2, -0.15) is 0 Å². The number of rotatable bonds is 5. The van der Waals surface area contributed by atoms with Gasteiger partial charge in [0.25, 0.3) is 0 Å². The molecule has 5 heteroatoms. The Morgan fingerprint density at radius 3 is 2.95 bits per heavy atom. The van der Waals surface area contributed by atoms with E-state index < -0.39 is 0 Å². The Morgan fingerprint density at radius 1 is 1.47 bits per heavy atom. The molecule has 5 nitrogen and oxygen atoms in total. The van der Waals surface area contributed by atoms with Gasteiger partial charge in [-0.1, -0.05) is 0 Å². The van der Waals surface area contributed by atoms with Gasteiger partial charge in [0, 0.05) is 18.8 Å². The number of amides is 1. The summed E-state index contributed by atoms with van der Waals surface area (Å²) in [5, 5.41) is 2.94. The summed E-state index contributed by atoms with van der Waals surface area (Å²) >= 11 is 0. The van der Waals surface area contributed by atoms with Crippen LogP contribution in [-0.4, -0.2) is 35.2 Å². The lowest BCUT2D eigenvalue weighted by molar-refractivity contribution is -0.122. The molecule has 1 aromatic heterocycles. The zero-order valence-corrected chi connectivity index (χ0v) is 12.0. The van der Waals surface area contributed by atoms with Crippen molar-refractivity contribution in [3.8, 4) is 0 Å². The third kappa shape index (κ3) is 3.35. The van der Waals surface area contributed by atoms with Gasteiger partial charge in [0.1, 0.15) is 12.4 Å². The van der Waals surface area contributed by atoms with E-state index in [1.807, 2.05) is 13.8 Å². The molecule has 2 rings (SSSR count). The van der Waals surface area contributed by atoms with E-state index in [1.54, 1.807) is 7.11 Å². The summed E-state index contributed by atoms with van der Waals surface area (Å²) in [5.41, 5.74) is 2.43. The molecular formula is C14H23N3O2. The molecule has 1 N–H and O–H groups in total. The minimum Gasteiger partial charge on any atom is -0.383 e. The topological polar surface area (TPSA) is 56.1 Å². The minimum atomic E-state index is 0.0263. The average molecular weight is 265 g/mol. The van der Waals surface area contributed by atoms with E-state index in [0.29, 0.717) is 13.2 Å². The molecule has 0 spiro atoms. The van der Waals surface area contributed by atoms with Crippen molar-refractivity contribution < 1.29 is 9.53 Å². The van der Waals surface area contributed by atoms with Crippen molar-refractivity contribution in [1.29, 1.82) is 0 Å². The van der Waals surface area contributed by atoms with Crippen molar-refractivity contribution in [2.75, 3.05) is 13.7 Å². The van der Waals surface area contributed by atoms with Gasteiger partial charge >= 0.3 is 0 Å². The largest absolute Gasteiger partial charge is 0.383 e. The summed E-state index contributed by atoms with van der Waals surface area (Å²) in [6.07, 6.45) is 4.49. The maximum atomic E-state index is 12.0. The molecule has 1 unspecified atom stereocenters. The number of hydrogen-bond donors (Lipinski definition) is 1. The molecule has 1 aliphatic rings. The number of methoxy groups -OCH3 is 1. The Balaban J connectivity index is 2.02. The molecule has 1 amide bonds. The fourth-order valence-corrected chi connectivity index (χ4v) is 2.70. The fraction of sp³-hybridized carbons (Fsp3) is 0.714. The average Bonchev–Trinajstić information content (AvgIpc) is 2.66. The van der Waals surface area contributed by atoms with Crippen molar-refractivity contribution >= 4 is 5.91 Å². The smallest absolute Gasteiger partial charge is 0.240 e. The second kappa shape index (κ2) is 6.19. The number of nitrogens with one attached hydrogen (secondary N) is 1. The number of carbonyl (C=O) groups is 1. The standard InChI is InChI=1S/C14H23N3O2/c1-10(9-19-3)15-14(18)8-17-11(2)16-12-6-4-5-7-13(12)17/h10H,4-9H2,1-3H3,(H,15,18). The summed E-state index contributed by atoms with van der Waals surface area (Å²) in [6.45, 7) is 4.82. The Morgan fingerprint density at radius 2 is 2.21 bits per heavy atom. The van der Waals surface area contributed by atoms with Crippen molar-refractivity contribution in [1.82, 2.24) is 14.9 Å². The van der Waals surface area contributed by atoms with Crippen LogP contribution in [0.1, 0.15) is 37.0 Å². The SMILES string of the molecule is COCC(C)NC(=O)Cn1c(C)nc2c1CCCC2. The van der Waals surface area contributed by atoms with Gasteiger partial charge in [0.05, 0.1) is 12.3 Å². The highest BCUT2D eigenvalue weighted by atomic mass is 16.5. The van der Waals surface area contributed by atoms with Crippen LogP contribution >= 0.6 is 0 Å². The lowest BCUT2D eigenvalue weighted by atomic mass is 10.0. The van der Waals surface area contributed by atoms with Gasteiger partial charge in [-0.05, 0) is 39.5 Å². The summed E-state index contributed by atoms with van der Waals surface area (Å²) in [6, 6.07) is 0.0390. The number of imidazole rings is 1. The van der Waals surface area contributed by atoms with E-state index in [1.165, 1.54) is 24.2 Å². The highest BCUT2D eigenvalue weighted by Crippen LogP contribution is 2.21. The van der Waals surface area contributed by atoms with E-state index >= 15 is 0 Å². The first-order chi connectivity index (χ1) is 9.11. The van der Waals surface area contributed by atoms with Gasteiger partial charge in [-0.15, -0.1) is 0 Å². The Labute approximate surface area is 114 Å². The molecule has 0 radical (unpaired) electrons. The molecule has 0 saturated heterocycles. The normalized spacial score (nSPS) is 15.9. The highest BCUT2D eigenvalue weighted by molar-refractivity contribution is 5.76. The molecule has 106 valence electrons. The number of hydrogen-bond acceptors (Lipinski definition) is 3. The van der Waals surface area contributed by atoms with Crippen LogP contribution in [-0.2, 0) is 28.9 Å². The Kier molecular flexibility index (Phi) is 4.58. The van der Waals surface area contributed by atoms with E-state index in [-0.39, 0.29) is 11.9 Å². The number of ether oxygens (including phenoxy) is 1. The fourth-order valence-electron chi connectivity index (χ4n) is 2.70. The van der Waals surface area contributed by atoms with Gasteiger partial charge in [0.2, 0.25) is 5.91 Å². The van der Waals surface area contributed by atoms with Gasteiger partial charge in [0.15, 0.2) is 0 Å². The van der Waals surface area contributed by atoms with Crippen molar-refractivity contribution in [3.05, 3.63) is 17.2 Å². The van der Waals surface area contributed by atoms with Gasteiger partial charge < -0.3 is 14.6 Å². The van der Waals surface area contributed by atoms with Gasteiger partial charge in [-0.25, -0.2) is 4.98 Å². The predicted octanol–water partition coefficient (Wildman–Crippen LogP) is 1.22. The maximum absolute atomic E-state index is 12.0. The van der Waals surface area contributed by atoms with Crippen LogP contribution in [0, 0.1) is 6.92 Å². The molecule has 19 heavy (non-hydrogen) atoms. The van der Waals surface area contributed by atoms with Crippen molar-refractivity contribution in [3.63, 3.8) is 0 Å². The third-order valence-corrected chi connectivity index (χ3v) is 3.55.